The van der Waals surface area contributed by atoms with Crippen LogP contribution in [0.2, 0.25) is 0 Å². The van der Waals surface area contributed by atoms with Gasteiger partial charge >= 0.3 is 5.97 Å². The second-order valence-corrected chi connectivity index (χ2v) is 3.79. The van der Waals surface area contributed by atoms with Crippen molar-refractivity contribution in [3.63, 3.8) is 0 Å². The Morgan fingerprint density at radius 1 is 1.67 bits per heavy atom. The molecule has 1 aliphatic heterocycles. The lowest BCUT2D eigenvalue weighted by atomic mass is 10.2. The van der Waals surface area contributed by atoms with Crippen LogP contribution in [0, 0.1) is 6.92 Å². The van der Waals surface area contributed by atoms with Gasteiger partial charge in [-0.3, -0.25) is 4.79 Å². The number of aromatic nitrogens is 2. The fraction of sp³-hybridized carbons (Fsp3) is 0.600. The van der Waals surface area contributed by atoms with Crippen molar-refractivity contribution in [2.45, 2.75) is 32.7 Å². The van der Waals surface area contributed by atoms with E-state index in [0.29, 0.717) is 6.42 Å². The minimum Gasteiger partial charge on any atom is -0.481 e. The first-order chi connectivity index (χ1) is 7.18. The molecule has 0 atom stereocenters. The molecule has 0 spiro atoms. The number of carbonyl (C=O) groups is 1. The molecule has 15 heavy (non-hydrogen) atoms. The lowest BCUT2D eigenvalue weighted by Gasteiger charge is -2.17. The fourth-order valence-electron chi connectivity index (χ4n) is 1.96. The molecule has 0 aliphatic carbocycles. The van der Waals surface area contributed by atoms with E-state index in [1.807, 2.05) is 6.92 Å². The molecule has 2 N–H and O–H groups in total. The topological polar surface area (TPSA) is 67.2 Å². The number of rotatable bonds is 3. The van der Waals surface area contributed by atoms with Crippen molar-refractivity contribution in [2.24, 2.45) is 0 Å². The van der Waals surface area contributed by atoms with Crippen molar-refractivity contribution in [1.29, 1.82) is 0 Å². The molecule has 0 saturated heterocycles. The van der Waals surface area contributed by atoms with Crippen LogP contribution in [-0.4, -0.2) is 27.2 Å². The van der Waals surface area contributed by atoms with Gasteiger partial charge in [-0.05, 0) is 13.3 Å². The molecule has 5 nitrogen and oxygen atoms in total. The van der Waals surface area contributed by atoms with Crippen molar-refractivity contribution in [3.8, 4) is 0 Å². The number of carboxylic acid groups (broad SMARTS) is 1. The van der Waals surface area contributed by atoms with Gasteiger partial charge in [-0.15, -0.1) is 0 Å². The zero-order chi connectivity index (χ0) is 10.8. The molecule has 1 aliphatic rings. The van der Waals surface area contributed by atoms with Crippen LogP contribution in [0.1, 0.15) is 24.2 Å². The van der Waals surface area contributed by atoms with Crippen LogP contribution in [0.3, 0.4) is 0 Å². The van der Waals surface area contributed by atoms with Gasteiger partial charge in [-0.1, -0.05) is 0 Å². The first-order valence-corrected chi connectivity index (χ1v) is 5.20. The Morgan fingerprint density at radius 2 is 2.47 bits per heavy atom. The molecule has 82 valence electrons. The summed E-state index contributed by atoms with van der Waals surface area (Å²) in [5.41, 5.74) is 2.00. The Labute approximate surface area is 88.1 Å². The van der Waals surface area contributed by atoms with Crippen LogP contribution in [-0.2, 0) is 17.8 Å². The number of aliphatic carboxylic acids is 1. The van der Waals surface area contributed by atoms with Gasteiger partial charge in [-0.2, -0.15) is 0 Å². The Morgan fingerprint density at radius 3 is 3.20 bits per heavy atom. The summed E-state index contributed by atoms with van der Waals surface area (Å²) in [6.45, 7) is 3.83. The van der Waals surface area contributed by atoms with Gasteiger partial charge in [0.05, 0.1) is 12.1 Å². The second-order valence-electron chi connectivity index (χ2n) is 3.79. The number of nitrogens with zero attached hydrogens (tertiary/aromatic N) is 2. The van der Waals surface area contributed by atoms with E-state index in [-0.39, 0.29) is 6.42 Å². The Kier molecular flexibility index (Phi) is 2.62. The van der Waals surface area contributed by atoms with Crippen molar-refractivity contribution in [3.05, 3.63) is 11.4 Å². The maximum Gasteiger partial charge on any atom is 0.303 e. The number of nitrogens with one attached hydrogen (secondary N) is 1. The van der Waals surface area contributed by atoms with Gasteiger partial charge in [0, 0.05) is 25.2 Å². The predicted molar refractivity (Wildman–Crippen MR) is 56.0 cm³/mol. The minimum absolute atomic E-state index is 0.173. The largest absolute Gasteiger partial charge is 0.481 e. The van der Waals surface area contributed by atoms with Gasteiger partial charge in [0.25, 0.3) is 0 Å². The monoisotopic (exact) mass is 209 g/mol. The molecular weight excluding hydrogens is 194 g/mol. The zero-order valence-electron chi connectivity index (χ0n) is 8.79. The summed E-state index contributed by atoms with van der Waals surface area (Å²) in [5, 5.41) is 11.9. The average molecular weight is 209 g/mol. The van der Waals surface area contributed by atoms with Gasteiger partial charge in [-0.25, -0.2) is 4.98 Å². The first-order valence-electron chi connectivity index (χ1n) is 5.20. The molecular formula is C10H15N3O2. The standard InChI is InChI=1S/C10H15N3O2/c1-7-8(3-4-9(14)15)13-6-2-5-11-10(13)12-7/h2-6H2,1H3,(H,11,12)(H,14,15). The number of imidazole rings is 1. The molecule has 0 bridgehead atoms. The van der Waals surface area contributed by atoms with E-state index >= 15 is 0 Å². The summed E-state index contributed by atoms with van der Waals surface area (Å²) in [6.07, 6.45) is 1.81. The molecule has 0 unspecified atom stereocenters. The number of anilines is 1. The van der Waals surface area contributed by atoms with Gasteiger partial charge in [0.15, 0.2) is 0 Å². The average Bonchev–Trinajstić information content (AvgIpc) is 2.50. The number of fused-ring (bicyclic) bond motifs is 1. The van der Waals surface area contributed by atoms with E-state index in [1.165, 1.54) is 0 Å². The van der Waals surface area contributed by atoms with Crippen LogP contribution in [0.25, 0.3) is 0 Å². The second kappa shape index (κ2) is 3.92. The lowest BCUT2D eigenvalue weighted by molar-refractivity contribution is -0.136. The van der Waals surface area contributed by atoms with Crippen LogP contribution in [0.5, 0.6) is 0 Å². The smallest absolute Gasteiger partial charge is 0.303 e. The fourth-order valence-corrected chi connectivity index (χ4v) is 1.96. The molecule has 0 saturated carbocycles. The summed E-state index contributed by atoms with van der Waals surface area (Å²) >= 11 is 0. The maximum absolute atomic E-state index is 10.5. The Balaban J connectivity index is 2.21. The molecule has 1 aromatic heterocycles. The van der Waals surface area contributed by atoms with E-state index in [9.17, 15) is 4.79 Å². The van der Waals surface area contributed by atoms with E-state index < -0.39 is 5.97 Å². The predicted octanol–water partition coefficient (Wildman–Crippen LogP) is 1.02. The highest BCUT2D eigenvalue weighted by Crippen LogP contribution is 2.20. The van der Waals surface area contributed by atoms with E-state index in [2.05, 4.69) is 14.9 Å². The molecule has 2 heterocycles. The van der Waals surface area contributed by atoms with Crippen molar-refractivity contribution >= 4 is 11.9 Å². The van der Waals surface area contributed by atoms with Crippen molar-refractivity contribution in [2.75, 3.05) is 11.9 Å². The third kappa shape index (κ3) is 1.95. The third-order valence-electron chi connectivity index (χ3n) is 2.69. The van der Waals surface area contributed by atoms with E-state index in [4.69, 9.17) is 5.11 Å². The highest BCUT2D eigenvalue weighted by molar-refractivity contribution is 5.67. The summed E-state index contributed by atoms with van der Waals surface area (Å²) in [7, 11) is 0. The Hall–Kier alpha value is -1.52. The van der Waals surface area contributed by atoms with Crippen LogP contribution in [0.15, 0.2) is 0 Å². The van der Waals surface area contributed by atoms with Crippen molar-refractivity contribution in [1.82, 2.24) is 9.55 Å². The SMILES string of the molecule is Cc1nc2n(c1CCC(=O)O)CCCN2. The summed E-state index contributed by atoms with van der Waals surface area (Å²) < 4.78 is 2.10. The lowest BCUT2D eigenvalue weighted by Crippen LogP contribution is -2.19. The normalized spacial score (nSPS) is 14.5. The summed E-state index contributed by atoms with van der Waals surface area (Å²) in [5.74, 6) is 0.132. The van der Waals surface area contributed by atoms with Gasteiger partial charge < -0.3 is 15.0 Å². The molecule has 0 fully saturated rings. The molecule has 1 aromatic rings. The van der Waals surface area contributed by atoms with Crippen LogP contribution < -0.4 is 5.32 Å². The highest BCUT2D eigenvalue weighted by atomic mass is 16.4. The summed E-state index contributed by atoms with van der Waals surface area (Å²) in [6, 6.07) is 0. The van der Waals surface area contributed by atoms with E-state index in [0.717, 1.165) is 36.8 Å². The molecule has 0 amide bonds. The number of hydrogen-bond donors (Lipinski definition) is 2. The quantitative estimate of drug-likeness (QED) is 0.780. The Bertz CT molecular complexity index is 384. The van der Waals surface area contributed by atoms with Gasteiger partial charge in [0.1, 0.15) is 0 Å². The van der Waals surface area contributed by atoms with Crippen LogP contribution in [0.4, 0.5) is 5.95 Å². The number of aryl methyl sites for hydroxylation is 1. The molecule has 0 radical (unpaired) electrons. The molecule has 2 rings (SSSR count). The van der Waals surface area contributed by atoms with Gasteiger partial charge in [0.2, 0.25) is 5.95 Å². The maximum atomic E-state index is 10.5. The summed E-state index contributed by atoms with van der Waals surface area (Å²) in [4.78, 5) is 14.9. The van der Waals surface area contributed by atoms with Crippen LogP contribution >= 0.6 is 0 Å². The first kappa shape index (κ1) is 10.0. The number of hydrogen-bond acceptors (Lipinski definition) is 3. The minimum atomic E-state index is -0.756. The third-order valence-corrected chi connectivity index (χ3v) is 2.69. The van der Waals surface area contributed by atoms with Crippen molar-refractivity contribution < 1.29 is 9.90 Å². The zero-order valence-corrected chi connectivity index (χ0v) is 8.79. The number of carboxylic acids is 1. The molecule has 0 aromatic carbocycles. The van der Waals surface area contributed by atoms with E-state index in [1.54, 1.807) is 0 Å². The molecule has 5 heteroatoms. The highest BCUT2D eigenvalue weighted by Gasteiger charge is 2.17.